The van der Waals surface area contributed by atoms with Gasteiger partial charge in [-0.15, -0.1) is 4.33 Å². The van der Waals surface area contributed by atoms with Crippen molar-refractivity contribution in [3.8, 4) is 0 Å². The van der Waals surface area contributed by atoms with Crippen molar-refractivity contribution in [2.45, 2.75) is 131 Å². The Hall–Kier alpha value is 1.24. The summed E-state index contributed by atoms with van der Waals surface area (Å²) < 4.78 is 5.76. The van der Waals surface area contributed by atoms with E-state index >= 15 is 0 Å². The number of rotatable bonds is 9. The van der Waals surface area contributed by atoms with Crippen LogP contribution >= 0.6 is 25.7 Å². The summed E-state index contributed by atoms with van der Waals surface area (Å²) in [5.41, 5.74) is 1.81. The van der Waals surface area contributed by atoms with Gasteiger partial charge in [0.2, 0.25) is 0 Å². The van der Waals surface area contributed by atoms with Crippen LogP contribution in [0.25, 0.3) is 0 Å². The second-order valence-electron chi connectivity index (χ2n) is 13.2. The summed E-state index contributed by atoms with van der Waals surface area (Å²) in [5, 5.41) is 21.2. The normalized spacial score (nSPS) is 36.8. The Morgan fingerprint density at radius 1 is 1.16 bits per heavy atom. The second kappa shape index (κ2) is 15.6. The Kier molecular flexibility index (Phi) is 15.3. The molecule has 0 spiro atoms. The van der Waals surface area contributed by atoms with Gasteiger partial charge in [-0.05, 0) is 119 Å². The summed E-state index contributed by atoms with van der Waals surface area (Å²) in [6.45, 7) is 15.5. The fourth-order valence-corrected chi connectivity index (χ4v) is 9.09. The molecule has 0 saturated heterocycles. The SMILES string of the molecule is CC.C[C@H](CCCC(C)(C)O)[C@H]1CCC2C3CC=C4C[C@@H](OOSN(C)[O-])CCC4(C)C3CC[C@@]21C.S.[Na+]. The molecule has 4 aliphatic carbocycles. The van der Waals surface area contributed by atoms with Crippen LogP contribution in [0.1, 0.15) is 119 Å². The summed E-state index contributed by atoms with van der Waals surface area (Å²) in [6, 6.07) is 0. The van der Waals surface area contributed by atoms with Crippen molar-refractivity contribution < 1.29 is 43.9 Å². The molecule has 0 amide bonds. The Balaban J connectivity index is 0.00000176. The minimum absolute atomic E-state index is 0. The number of hydroxylamine groups is 1. The van der Waals surface area contributed by atoms with Crippen LogP contribution in [0.5, 0.6) is 0 Å². The molecule has 0 radical (unpaired) electrons. The number of allylic oxidation sites excluding steroid dienone is 1. The smallest absolute Gasteiger partial charge is 0.774 e. The second-order valence-corrected chi connectivity index (χ2v) is 14.0. The molecule has 3 saturated carbocycles. The molecule has 8 atom stereocenters. The first-order valence-electron chi connectivity index (χ1n) is 14.8. The molecule has 4 unspecified atom stereocenters. The van der Waals surface area contributed by atoms with Crippen molar-refractivity contribution in [3.63, 3.8) is 0 Å². The Morgan fingerprint density at radius 2 is 1.84 bits per heavy atom. The largest absolute Gasteiger partial charge is 1.00 e. The summed E-state index contributed by atoms with van der Waals surface area (Å²) in [5.74, 6) is 4.04. The molecule has 1 N–H and O–H groups in total. The van der Waals surface area contributed by atoms with Crippen LogP contribution in [-0.4, -0.2) is 28.3 Å². The van der Waals surface area contributed by atoms with E-state index in [9.17, 15) is 10.3 Å². The number of fused-ring (bicyclic) bond motifs is 5. The van der Waals surface area contributed by atoms with Gasteiger partial charge in [0.05, 0.1) is 11.7 Å². The van der Waals surface area contributed by atoms with Crippen LogP contribution in [0.3, 0.4) is 0 Å². The van der Waals surface area contributed by atoms with E-state index in [4.69, 9.17) is 9.22 Å². The van der Waals surface area contributed by atoms with Crippen LogP contribution in [0.2, 0.25) is 0 Å². The third-order valence-electron chi connectivity index (χ3n) is 10.6. The maximum absolute atomic E-state index is 11.0. The van der Waals surface area contributed by atoms with Crippen LogP contribution in [0, 0.1) is 45.6 Å². The molecule has 3 fully saturated rings. The fraction of sp³-hybridized carbons (Fsp3) is 0.933. The van der Waals surface area contributed by atoms with Crippen LogP contribution in [-0.2, 0) is 9.22 Å². The first-order valence-corrected chi connectivity index (χ1v) is 15.5. The molecule has 0 aromatic heterocycles. The molecule has 0 heterocycles. The third kappa shape index (κ3) is 8.41. The first kappa shape index (κ1) is 37.3. The summed E-state index contributed by atoms with van der Waals surface area (Å²) in [6.07, 6.45) is 15.7. The molecule has 4 aliphatic rings. The monoisotopic (exact) mass is 581 g/mol. The van der Waals surface area contributed by atoms with Gasteiger partial charge in [-0.3, -0.25) is 0 Å². The van der Waals surface area contributed by atoms with Crippen molar-refractivity contribution in [2.24, 2.45) is 40.4 Å². The summed E-state index contributed by atoms with van der Waals surface area (Å²) in [4.78, 5) is 5.57. The zero-order chi connectivity index (χ0) is 26.7. The van der Waals surface area contributed by atoms with Crippen LogP contribution < -0.4 is 29.6 Å². The molecule has 0 aromatic carbocycles. The van der Waals surface area contributed by atoms with E-state index < -0.39 is 5.60 Å². The number of hydrogen-bond donors (Lipinski definition) is 1. The molecule has 38 heavy (non-hydrogen) atoms. The average Bonchev–Trinajstić information content (AvgIpc) is 3.17. The molecular formula is C30H56NNaO4S2. The zero-order valence-electron chi connectivity index (χ0n) is 25.8. The molecular weight excluding hydrogens is 525 g/mol. The molecule has 218 valence electrons. The average molecular weight is 582 g/mol. The van der Waals surface area contributed by atoms with Crippen molar-refractivity contribution >= 4 is 25.7 Å². The van der Waals surface area contributed by atoms with E-state index in [1.54, 1.807) is 5.57 Å². The Bertz CT molecular complexity index is 748. The summed E-state index contributed by atoms with van der Waals surface area (Å²) >= 11 is 0.713. The van der Waals surface area contributed by atoms with Gasteiger partial charge in [-0.2, -0.15) is 13.5 Å². The molecule has 0 aromatic rings. The molecule has 0 bridgehead atoms. The minimum atomic E-state index is -0.539. The molecule has 0 aliphatic heterocycles. The fourth-order valence-electron chi connectivity index (χ4n) is 8.86. The molecule has 5 nitrogen and oxygen atoms in total. The van der Waals surface area contributed by atoms with E-state index in [2.05, 4.69) is 26.8 Å². The maximum atomic E-state index is 11.0. The number of hydrogen-bond acceptors (Lipinski definition) is 6. The molecule has 4 rings (SSSR count). The predicted octanol–water partition coefficient (Wildman–Crippen LogP) is 5.60. The first-order chi connectivity index (χ1) is 16.9. The van der Waals surface area contributed by atoms with Gasteiger partial charge in [0.1, 0.15) is 12.2 Å². The summed E-state index contributed by atoms with van der Waals surface area (Å²) in [7, 11) is 1.41. The van der Waals surface area contributed by atoms with Crippen molar-refractivity contribution in [2.75, 3.05) is 7.05 Å². The maximum Gasteiger partial charge on any atom is 1.00 e. The number of nitrogens with zero attached hydrogens (tertiary/aromatic N) is 1. The van der Waals surface area contributed by atoms with Crippen LogP contribution in [0.4, 0.5) is 0 Å². The van der Waals surface area contributed by atoms with Crippen molar-refractivity contribution in [1.29, 1.82) is 0 Å². The standard InChI is InChI=1S/C28H48NO4S.C2H6.Na.H2S/c1-19(8-7-15-26(2,3)30)23-11-12-24-22-10-9-20-18-21(32-33-34-29(6)31)13-16-27(20,4)25(22)14-17-28(23,24)5;1-2;;/h9,19,21-25,30H,7-8,10-18H2,1-6H3;1-2H3;;1H2/q-1;;+1;/t19-,21+,22?,23-,24?,25?,27?,28-;;;/m1.../s1. The van der Waals surface area contributed by atoms with E-state index in [-0.39, 0.29) is 49.2 Å². The Morgan fingerprint density at radius 3 is 2.47 bits per heavy atom. The van der Waals surface area contributed by atoms with E-state index in [0.717, 1.165) is 61.7 Å². The van der Waals surface area contributed by atoms with Crippen LogP contribution in [0.15, 0.2) is 11.6 Å². The topological polar surface area (TPSA) is 65.0 Å². The minimum Gasteiger partial charge on any atom is -0.774 e. The zero-order valence-corrected chi connectivity index (χ0v) is 29.7. The van der Waals surface area contributed by atoms with Gasteiger partial charge >= 0.3 is 29.6 Å². The van der Waals surface area contributed by atoms with E-state index in [1.807, 2.05) is 27.7 Å². The van der Waals surface area contributed by atoms with Gasteiger partial charge in [0.25, 0.3) is 0 Å². The number of aliphatic hydroxyl groups is 1. The van der Waals surface area contributed by atoms with Gasteiger partial charge in [0.15, 0.2) is 0 Å². The van der Waals surface area contributed by atoms with E-state index in [1.165, 1.54) is 45.6 Å². The van der Waals surface area contributed by atoms with Crippen molar-refractivity contribution in [3.05, 3.63) is 16.9 Å². The Labute approximate surface area is 267 Å². The van der Waals surface area contributed by atoms with Gasteiger partial charge < -0.3 is 14.8 Å². The van der Waals surface area contributed by atoms with E-state index in [0.29, 0.717) is 27.5 Å². The predicted molar refractivity (Wildman–Crippen MR) is 161 cm³/mol. The molecule has 8 heteroatoms. The van der Waals surface area contributed by atoms with Gasteiger partial charge in [-0.25, -0.2) is 4.89 Å². The van der Waals surface area contributed by atoms with Crippen molar-refractivity contribution in [1.82, 2.24) is 4.47 Å². The van der Waals surface area contributed by atoms with Gasteiger partial charge in [-0.1, -0.05) is 59.1 Å². The quantitative estimate of drug-likeness (QED) is 0.0956. The third-order valence-corrected chi connectivity index (χ3v) is 10.9. The van der Waals surface area contributed by atoms with Gasteiger partial charge in [0, 0.05) is 0 Å².